The molecule has 4 aliphatic rings. The number of aromatic nitrogens is 2. The second kappa shape index (κ2) is 19.4. The third-order valence-corrected chi connectivity index (χ3v) is 13.5. The van der Waals surface area contributed by atoms with E-state index in [1.54, 1.807) is 59.3 Å². The van der Waals surface area contributed by atoms with Gasteiger partial charge in [0.25, 0.3) is 17.4 Å². The molecular formula is C36H40I3N8O6S4-. The molecule has 0 saturated carbocycles. The van der Waals surface area contributed by atoms with Gasteiger partial charge in [0.15, 0.2) is 0 Å². The van der Waals surface area contributed by atoms with Crippen LogP contribution in [0.25, 0.3) is 15.2 Å². The van der Waals surface area contributed by atoms with Crippen LogP contribution in [0.2, 0.25) is 0 Å². The van der Waals surface area contributed by atoms with E-state index in [0.717, 1.165) is 60.4 Å². The maximum atomic E-state index is 13.4. The molecule has 21 heteroatoms. The van der Waals surface area contributed by atoms with Crippen molar-refractivity contribution in [2.24, 2.45) is 0 Å². The Balaban J connectivity index is 0.000000148. The topological polar surface area (TPSA) is 163 Å². The first-order chi connectivity index (χ1) is 27.3. The number of thiophene rings is 4. The molecule has 5 aromatic rings. The van der Waals surface area contributed by atoms with E-state index in [9.17, 15) is 24.0 Å². The number of fused-ring (bicyclic) bond motifs is 8. The molecule has 5 aromatic heterocycles. The Morgan fingerprint density at radius 2 is 1.53 bits per heavy atom. The molecule has 0 fully saturated rings. The number of nitrogens with one attached hydrogen (secondary N) is 1. The van der Waals surface area contributed by atoms with E-state index < -0.39 is 0 Å². The molecule has 0 bridgehead atoms. The van der Waals surface area contributed by atoms with Crippen LogP contribution in [0.3, 0.4) is 0 Å². The zero-order valence-electron chi connectivity index (χ0n) is 31.7. The fourth-order valence-electron chi connectivity index (χ4n) is 6.86. The number of amides is 3. The summed E-state index contributed by atoms with van der Waals surface area (Å²) >= 11 is 11.2. The van der Waals surface area contributed by atoms with Gasteiger partial charge < -0.3 is 35.4 Å². The van der Waals surface area contributed by atoms with Crippen LogP contribution >= 0.6 is 82.6 Å². The molecule has 0 radical (unpaired) electrons. The van der Waals surface area contributed by atoms with Crippen LogP contribution in [0.4, 0.5) is 10.7 Å². The number of nitrogens with zero attached hydrogens (tertiary/aromatic N) is 6. The quantitative estimate of drug-likeness (QED) is 0.199. The molecule has 0 spiro atoms. The molecular weight excluding hydrogens is 1150 g/mol. The summed E-state index contributed by atoms with van der Waals surface area (Å²) < 4.78 is 6.70. The van der Waals surface area contributed by atoms with Gasteiger partial charge in [0.1, 0.15) is 25.5 Å². The average Bonchev–Trinajstić information content (AvgIpc) is 3.94. The molecule has 0 saturated heterocycles. The summed E-state index contributed by atoms with van der Waals surface area (Å²) in [7, 11) is 7.55. The summed E-state index contributed by atoms with van der Waals surface area (Å²) in [6.45, 7) is 6.33. The van der Waals surface area contributed by atoms with Crippen molar-refractivity contribution in [3.8, 4) is 5.00 Å². The number of halogens is 3. The molecule has 3 N–H and O–H groups in total. The van der Waals surface area contributed by atoms with Crippen molar-refractivity contribution < 1.29 is 37.2 Å². The van der Waals surface area contributed by atoms with Crippen LogP contribution in [0.1, 0.15) is 64.0 Å². The molecule has 0 unspecified atom stereocenters. The predicted molar refractivity (Wildman–Crippen MR) is 242 cm³/mol. The molecule has 3 amide bonds. The number of hydrogen-bond donors (Lipinski definition) is 2. The number of hydrogen-bond acceptors (Lipinski definition) is 14. The van der Waals surface area contributed by atoms with E-state index in [4.69, 9.17) is 15.5 Å². The van der Waals surface area contributed by atoms with E-state index in [-0.39, 0.29) is 35.8 Å². The molecule has 9 rings (SSSR count). The van der Waals surface area contributed by atoms with E-state index >= 15 is 0 Å². The van der Waals surface area contributed by atoms with Gasteiger partial charge in [-0.15, -0.1) is 45.3 Å². The van der Waals surface area contributed by atoms with Gasteiger partial charge in [-0.1, -0.05) is 0 Å². The van der Waals surface area contributed by atoms with Crippen LogP contribution in [0.5, 0.6) is 0 Å². The van der Waals surface area contributed by atoms with Crippen molar-refractivity contribution >= 4 is 127 Å². The number of ether oxygens (including phenoxy) is 1. The van der Waals surface area contributed by atoms with Crippen molar-refractivity contribution in [1.82, 2.24) is 29.2 Å². The van der Waals surface area contributed by atoms with Crippen LogP contribution in [-0.2, 0) is 42.0 Å². The van der Waals surface area contributed by atoms with Crippen molar-refractivity contribution in [3.63, 3.8) is 0 Å². The Morgan fingerprint density at radius 3 is 2.21 bits per heavy atom. The van der Waals surface area contributed by atoms with Crippen molar-refractivity contribution in [2.75, 3.05) is 65.5 Å². The van der Waals surface area contributed by atoms with Crippen molar-refractivity contribution in [3.05, 3.63) is 76.0 Å². The number of esters is 1. The number of nitrogens with two attached hydrogens (primary N) is 1. The Morgan fingerprint density at radius 1 is 0.895 bits per heavy atom. The van der Waals surface area contributed by atoms with E-state index in [2.05, 4.69) is 66.4 Å². The number of nitrogen functional groups attached to an aromatic ring is 1. The van der Waals surface area contributed by atoms with Crippen LogP contribution in [-0.4, -0.2) is 107 Å². The van der Waals surface area contributed by atoms with Gasteiger partial charge in [0, 0.05) is 50.0 Å². The zero-order valence-corrected chi connectivity index (χ0v) is 41.4. The van der Waals surface area contributed by atoms with Gasteiger partial charge in [-0.2, -0.15) is 0 Å². The maximum absolute atomic E-state index is 13.4. The Bertz CT molecular complexity index is 2390. The van der Waals surface area contributed by atoms with Gasteiger partial charge in [-0.05, 0) is 67.9 Å². The molecule has 0 aliphatic carbocycles. The minimum atomic E-state index is -0.276. The Labute approximate surface area is 375 Å². The number of anilines is 2. The first-order valence-electron chi connectivity index (χ1n) is 17.6. The fraction of sp³-hybridized carbons (Fsp3) is 0.389. The van der Waals surface area contributed by atoms with Gasteiger partial charge in [0.2, 0.25) is 5.91 Å². The first-order valence-corrected chi connectivity index (χ1v) is 33.6. The van der Waals surface area contributed by atoms with Crippen LogP contribution in [0, 0.1) is 0 Å². The van der Waals surface area contributed by atoms with E-state index in [0.29, 0.717) is 63.9 Å². The van der Waals surface area contributed by atoms with E-state index in [1.807, 2.05) is 5.38 Å². The Kier molecular flexibility index (Phi) is 15.1. The van der Waals surface area contributed by atoms with Gasteiger partial charge in [-0.3, -0.25) is 23.7 Å². The summed E-state index contributed by atoms with van der Waals surface area (Å²) in [6, 6.07) is 3.54. The molecule has 0 aromatic carbocycles. The molecule has 57 heavy (non-hydrogen) atoms. The first kappa shape index (κ1) is 44.3. The van der Waals surface area contributed by atoms with Gasteiger partial charge >= 0.3 is 56.5 Å². The minimum absolute atomic E-state index is 0.0335. The number of likely N-dealkylation sites (N-methyl/N-ethyl adjacent to an activating group) is 3. The summed E-state index contributed by atoms with van der Waals surface area (Å²) in [5.41, 5.74) is 9.92. The zero-order chi connectivity index (χ0) is 41.1. The summed E-state index contributed by atoms with van der Waals surface area (Å²) in [5, 5.41) is 8.36. The molecule has 9 heterocycles. The SMILES string of the molecule is CCOC(=O)c1c(N)sc2c1CCN(C)C2.CN1CC(=O)Nc2ccsc2C1=O.CN1CCc2c(sc3nc4n(c(=O)c23)-c2sccc2C(=O)N(C)C4)C1.I[I-]I. The number of carbonyl (C=O) groups excluding carboxylic acids is 4. The predicted octanol–water partition coefficient (Wildman–Crippen LogP) is 3.12. The van der Waals surface area contributed by atoms with Gasteiger partial charge in [0.05, 0.1) is 41.9 Å². The normalized spacial score (nSPS) is 16.2. The van der Waals surface area contributed by atoms with E-state index in [1.165, 1.54) is 48.7 Å². The number of rotatable bonds is 2. The standard InChI is InChI=1S/C17H16N4O2S2.C11H16N2O2S.C8H8N2O2S.I3/c1-19-5-3-9-11(7-19)25-14-13(9)16(23)21-12(18-14)8-20(2)15(22)10-4-6-24-17(10)21;1-3-15-11(14)9-7-4-5-13(2)6-8(7)16-10(9)12;1-10-4-6(11)9-5-2-3-13-7(5)8(10)12;1-3-2/h4,6H,3,5,7-8H2,1-2H3;3-6,12H2,1-2H3;2-3H,4H2,1H3,(H,9,11);/q;;;-1. The van der Waals surface area contributed by atoms with Crippen LogP contribution in [0.15, 0.2) is 27.7 Å². The van der Waals surface area contributed by atoms with Crippen molar-refractivity contribution in [1.29, 1.82) is 0 Å². The third kappa shape index (κ3) is 9.55. The van der Waals surface area contributed by atoms with Crippen LogP contribution < -0.4 is 29.9 Å². The summed E-state index contributed by atoms with van der Waals surface area (Å²) in [4.78, 5) is 76.7. The second-order valence-electron chi connectivity index (χ2n) is 13.5. The Hall–Kier alpha value is -2.27. The molecule has 0 atom stereocenters. The monoisotopic (exact) mass is 1190 g/mol. The fourth-order valence-corrected chi connectivity index (χ4v) is 11.1. The average molecular weight is 1190 g/mol. The van der Waals surface area contributed by atoms with Crippen molar-refractivity contribution in [2.45, 2.75) is 39.4 Å². The molecule has 4 aliphatic heterocycles. The summed E-state index contributed by atoms with van der Waals surface area (Å²) in [6.07, 6.45) is 1.76. The molecule has 306 valence electrons. The second-order valence-corrected chi connectivity index (χ2v) is 33.8. The summed E-state index contributed by atoms with van der Waals surface area (Å²) in [5.74, 6) is 0.0630. The molecule has 14 nitrogen and oxygen atoms in total. The number of carbonyl (C=O) groups is 4. The third-order valence-electron chi connectivity index (χ3n) is 9.55. The van der Waals surface area contributed by atoms with Gasteiger partial charge in [-0.25, -0.2) is 9.78 Å².